The van der Waals surface area contributed by atoms with Crippen molar-refractivity contribution in [2.75, 3.05) is 13.2 Å². The predicted octanol–water partition coefficient (Wildman–Crippen LogP) is 1.44. The summed E-state index contributed by atoms with van der Waals surface area (Å²) in [7, 11) is 0. The summed E-state index contributed by atoms with van der Waals surface area (Å²) in [4.78, 5) is 12.2. The maximum Gasteiger partial charge on any atom is 0.223 e. The molecule has 3 unspecified atom stereocenters. The normalized spacial score (nSPS) is 31.9. The molecule has 0 aromatic carbocycles. The third-order valence-corrected chi connectivity index (χ3v) is 4.44. The molecule has 18 heavy (non-hydrogen) atoms. The highest BCUT2D eigenvalue weighted by Gasteiger charge is 2.29. The Bertz CT molecular complexity index is 277. The summed E-state index contributed by atoms with van der Waals surface area (Å²) >= 11 is 0. The van der Waals surface area contributed by atoms with Gasteiger partial charge in [-0.15, -0.1) is 0 Å². The van der Waals surface area contributed by atoms with Gasteiger partial charge in [-0.2, -0.15) is 0 Å². The first-order valence-corrected chi connectivity index (χ1v) is 7.30. The summed E-state index contributed by atoms with van der Waals surface area (Å²) in [5, 5.41) is 3.17. The molecule has 1 aliphatic carbocycles. The maximum absolute atomic E-state index is 12.2. The molecule has 0 aromatic heterocycles. The van der Waals surface area contributed by atoms with Gasteiger partial charge in [-0.25, -0.2) is 0 Å². The second-order valence-electron chi connectivity index (χ2n) is 5.87. The van der Waals surface area contributed by atoms with Crippen LogP contribution in [-0.4, -0.2) is 31.2 Å². The average Bonchev–Trinajstić information content (AvgIpc) is 2.39. The first kappa shape index (κ1) is 13.8. The van der Waals surface area contributed by atoms with Gasteiger partial charge in [-0.3, -0.25) is 4.79 Å². The molecule has 1 heterocycles. The van der Waals surface area contributed by atoms with E-state index in [0.717, 1.165) is 45.3 Å². The van der Waals surface area contributed by atoms with Crippen LogP contribution in [0, 0.1) is 11.8 Å². The van der Waals surface area contributed by atoms with Crippen molar-refractivity contribution in [1.29, 1.82) is 0 Å². The second kappa shape index (κ2) is 6.53. The van der Waals surface area contributed by atoms with Crippen molar-refractivity contribution >= 4 is 5.91 Å². The van der Waals surface area contributed by atoms with Crippen LogP contribution in [0.5, 0.6) is 0 Å². The SMILES string of the molecule is CC(C(=O)NC1CCOCC1)C1CCCC(N)C1. The minimum atomic E-state index is 0.0965. The van der Waals surface area contributed by atoms with Crippen molar-refractivity contribution in [3.63, 3.8) is 0 Å². The molecule has 4 nitrogen and oxygen atoms in total. The van der Waals surface area contributed by atoms with Crippen molar-refractivity contribution < 1.29 is 9.53 Å². The van der Waals surface area contributed by atoms with Crippen molar-refractivity contribution in [3.05, 3.63) is 0 Å². The van der Waals surface area contributed by atoms with Crippen LogP contribution in [0.25, 0.3) is 0 Å². The molecule has 2 rings (SSSR count). The monoisotopic (exact) mass is 254 g/mol. The third kappa shape index (κ3) is 3.69. The summed E-state index contributed by atoms with van der Waals surface area (Å²) in [6.45, 7) is 3.60. The molecular weight excluding hydrogens is 228 g/mol. The molecule has 1 aliphatic heterocycles. The van der Waals surface area contributed by atoms with Crippen molar-refractivity contribution in [1.82, 2.24) is 5.32 Å². The smallest absolute Gasteiger partial charge is 0.223 e. The first-order valence-electron chi connectivity index (χ1n) is 7.30. The highest BCUT2D eigenvalue weighted by molar-refractivity contribution is 5.78. The molecule has 0 bridgehead atoms. The average molecular weight is 254 g/mol. The number of ether oxygens (including phenoxy) is 1. The van der Waals surface area contributed by atoms with Crippen molar-refractivity contribution in [3.8, 4) is 0 Å². The number of hydrogen-bond donors (Lipinski definition) is 2. The minimum absolute atomic E-state index is 0.0965. The lowest BCUT2D eigenvalue weighted by molar-refractivity contribution is -0.127. The molecule has 3 N–H and O–H groups in total. The number of carbonyl (C=O) groups is 1. The molecule has 0 aromatic rings. The highest BCUT2D eigenvalue weighted by Crippen LogP contribution is 2.29. The molecule has 4 heteroatoms. The fourth-order valence-corrected chi connectivity index (χ4v) is 3.11. The van der Waals surface area contributed by atoms with Gasteiger partial charge in [0, 0.05) is 31.2 Å². The summed E-state index contributed by atoms with van der Waals surface area (Å²) in [5.41, 5.74) is 6.00. The van der Waals surface area contributed by atoms with Gasteiger partial charge in [0.2, 0.25) is 5.91 Å². The standard InChI is InChI=1S/C14H26N2O2/c1-10(11-3-2-4-12(15)9-11)14(17)16-13-5-7-18-8-6-13/h10-13H,2-9,15H2,1H3,(H,16,17). The predicted molar refractivity (Wildman–Crippen MR) is 71.1 cm³/mol. The molecule has 1 amide bonds. The highest BCUT2D eigenvalue weighted by atomic mass is 16.5. The molecule has 2 aliphatic rings. The summed E-state index contributed by atoms with van der Waals surface area (Å²) in [6, 6.07) is 0.605. The Hall–Kier alpha value is -0.610. The van der Waals surface area contributed by atoms with E-state index in [4.69, 9.17) is 10.5 Å². The molecule has 0 radical (unpaired) electrons. The van der Waals surface area contributed by atoms with E-state index >= 15 is 0 Å². The Morgan fingerprint density at radius 3 is 2.67 bits per heavy atom. The Morgan fingerprint density at radius 1 is 1.28 bits per heavy atom. The number of nitrogens with two attached hydrogens (primary N) is 1. The summed E-state index contributed by atoms with van der Waals surface area (Å²) < 4.78 is 5.30. The zero-order valence-corrected chi connectivity index (χ0v) is 11.4. The number of amides is 1. The molecule has 1 saturated carbocycles. The van der Waals surface area contributed by atoms with E-state index in [1.54, 1.807) is 0 Å². The van der Waals surface area contributed by atoms with Gasteiger partial charge < -0.3 is 15.8 Å². The van der Waals surface area contributed by atoms with E-state index in [1.165, 1.54) is 6.42 Å². The lowest BCUT2D eigenvalue weighted by Crippen LogP contribution is -2.44. The van der Waals surface area contributed by atoms with E-state index < -0.39 is 0 Å². The maximum atomic E-state index is 12.2. The fraction of sp³-hybridized carbons (Fsp3) is 0.929. The summed E-state index contributed by atoms with van der Waals surface area (Å²) in [6.07, 6.45) is 6.33. The second-order valence-corrected chi connectivity index (χ2v) is 5.87. The van der Waals surface area contributed by atoms with Gasteiger partial charge in [0.05, 0.1) is 0 Å². The van der Waals surface area contributed by atoms with Crippen LogP contribution in [0.2, 0.25) is 0 Å². The Morgan fingerprint density at radius 2 is 2.00 bits per heavy atom. The van der Waals surface area contributed by atoms with Crippen LogP contribution >= 0.6 is 0 Å². The van der Waals surface area contributed by atoms with E-state index in [0.29, 0.717) is 18.0 Å². The quantitative estimate of drug-likeness (QED) is 0.801. The third-order valence-electron chi connectivity index (χ3n) is 4.44. The number of nitrogens with one attached hydrogen (secondary N) is 1. The van der Waals surface area contributed by atoms with Crippen LogP contribution in [0.3, 0.4) is 0 Å². The van der Waals surface area contributed by atoms with Gasteiger partial charge in [-0.1, -0.05) is 13.3 Å². The van der Waals surface area contributed by atoms with Gasteiger partial charge in [-0.05, 0) is 38.0 Å². The lowest BCUT2D eigenvalue weighted by Gasteiger charge is -2.32. The Balaban J connectivity index is 1.79. The van der Waals surface area contributed by atoms with Crippen LogP contribution in [0.1, 0.15) is 45.4 Å². The number of carbonyl (C=O) groups excluding carboxylic acids is 1. The van der Waals surface area contributed by atoms with Gasteiger partial charge in [0.1, 0.15) is 0 Å². The van der Waals surface area contributed by atoms with Crippen LogP contribution in [0.15, 0.2) is 0 Å². The first-order chi connectivity index (χ1) is 8.66. The Labute approximate surface area is 110 Å². The van der Waals surface area contributed by atoms with Gasteiger partial charge in [0.25, 0.3) is 0 Å². The summed E-state index contributed by atoms with van der Waals surface area (Å²) in [5.74, 6) is 0.772. The van der Waals surface area contributed by atoms with Crippen LogP contribution in [0.4, 0.5) is 0 Å². The van der Waals surface area contributed by atoms with Crippen LogP contribution < -0.4 is 11.1 Å². The van der Waals surface area contributed by atoms with Crippen LogP contribution in [-0.2, 0) is 9.53 Å². The van der Waals surface area contributed by atoms with Gasteiger partial charge in [0.15, 0.2) is 0 Å². The minimum Gasteiger partial charge on any atom is -0.381 e. The molecule has 104 valence electrons. The van der Waals surface area contributed by atoms with Gasteiger partial charge >= 0.3 is 0 Å². The number of hydrogen-bond acceptors (Lipinski definition) is 3. The molecule has 3 atom stereocenters. The largest absolute Gasteiger partial charge is 0.381 e. The number of rotatable bonds is 3. The molecule has 0 spiro atoms. The lowest BCUT2D eigenvalue weighted by atomic mass is 9.78. The molecule has 2 fully saturated rings. The van der Waals surface area contributed by atoms with E-state index in [-0.39, 0.29) is 11.8 Å². The van der Waals surface area contributed by atoms with E-state index in [9.17, 15) is 4.79 Å². The Kier molecular flexibility index (Phi) is 5.01. The fourth-order valence-electron chi connectivity index (χ4n) is 3.11. The van der Waals surface area contributed by atoms with Crippen molar-refractivity contribution in [2.24, 2.45) is 17.6 Å². The van der Waals surface area contributed by atoms with E-state index in [2.05, 4.69) is 12.2 Å². The zero-order valence-electron chi connectivity index (χ0n) is 11.4. The topological polar surface area (TPSA) is 64.3 Å². The van der Waals surface area contributed by atoms with Crippen molar-refractivity contribution in [2.45, 2.75) is 57.5 Å². The molecular formula is C14H26N2O2. The molecule has 1 saturated heterocycles. The van der Waals surface area contributed by atoms with E-state index in [1.807, 2.05) is 0 Å². The zero-order chi connectivity index (χ0) is 13.0.